The molecular weight excluding hydrogens is 410 g/mol. The molecule has 0 aromatic rings. The summed E-state index contributed by atoms with van der Waals surface area (Å²) >= 11 is 0. The van der Waals surface area contributed by atoms with E-state index in [4.69, 9.17) is 23.7 Å². The van der Waals surface area contributed by atoms with Crippen LogP contribution >= 0.6 is 0 Å². The van der Waals surface area contributed by atoms with Crippen LogP contribution in [-0.2, 0) is 23.7 Å². The predicted octanol–water partition coefficient (Wildman–Crippen LogP) is 5.50. The molecule has 192 valence electrons. The Kier molecular flexibility index (Phi) is 25.6. The van der Waals surface area contributed by atoms with Gasteiger partial charge in [-0.3, -0.25) is 0 Å². The molecule has 0 aliphatic carbocycles. The van der Waals surface area contributed by atoms with E-state index < -0.39 is 6.09 Å². The molecule has 32 heavy (non-hydrogen) atoms. The third-order valence-electron chi connectivity index (χ3n) is 5.16. The number of methoxy groups -OCH3 is 1. The number of amides is 1. The number of alkyl carbamates (subject to hydrolysis) is 1. The molecule has 1 atom stereocenters. The van der Waals surface area contributed by atoms with Gasteiger partial charge in [-0.2, -0.15) is 0 Å². The summed E-state index contributed by atoms with van der Waals surface area (Å²) in [5.41, 5.74) is 0. The fourth-order valence-electron chi connectivity index (χ4n) is 3.18. The Hall–Kier alpha value is -0.890. The lowest BCUT2D eigenvalue weighted by atomic mass is 10.1. The van der Waals surface area contributed by atoms with E-state index in [-0.39, 0.29) is 12.7 Å². The van der Waals surface area contributed by atoms with E-state index in [9.17, 15) is 4.79 Å². The van der Waals surface area contributed by atoms with Crippen LogP contribution in [0.2, 0.25) is 0 Å². The smallest absolute Gasteiger partial charge is 0.407 e. The molecule has 1 amide bonds. The van der Waals surface area contributed by atoms with E-state index in [2.05, 4.69) is 19.2 Å². The zero-order chi connectivity index (χ0) is 23.5. The summed E-state index contributed by atoms with van der Waals surface area (Å²) in [6.45, 7) is 8.37. The van der Waals surface area contributed by atoms with E-state index in [0.717, 1.165) is 19.4 Å². The van der Waals surface area contributed by atoms with Crippen LogP contribution in [0.1, 0.15) is 90.9 Å². The number of carbonyl (C=O) groups is 1. The third kappa shape index (κ3) is 23.8. The number of ether oxygens (including phenoxy) is 5. The highest BCUT2D eigenvalue weighted by molar-refractivity contribution is 5.67. The summed E-state index contributed by atoms with van der Waals surface area (Å²) in [5, 5.41) is 2.78. The summed E-state index contributed by atoms with van der Waals surface area (Å²) in [4.78, 5) is 11.9. The zero-order valence-electron chi connectivity index (χ0n) is 21.2. The van der Waals surface area contributed by atoms with Crippen molar-refractivity contribution in [1.82, 2.24) is 5.32 Å². The summed E-state index contributed by atoms with van der Waals surface area (Å²) in [5.74, 6) is 0. The Bertz CT molecular complexity index is 383. The molecule has 0 heterocycles. The molecule has 0 spiro atoms. The van der Waals surface area contributed by atoms with Gasteiger partial charge in [0, 0.05) is 26.9 Å². The topological polar surface area (TPSA) is 75.3 Å². The van der Waals surface area contributed by atoms with Crippen LogP contribution in [0.4, 0.5) is 4.79 Å². The van der Waals surface area contributed by atoms with E-state index in [1.54, 1.807) is 7.11 Å². The molecule has 0 bridgehead atoms. The van der Waals surface area contributed by atoms with Crippen molar-refractivity contribution < 1.29 is 28.5 Å². The largest absolute Gasteiger partial charge is 0.447 e. The number of unbranched alkanes of at least 4 members (excludes halogenated alkanes) is 10. The first-order chi connectivity index (χ1) is 15.7. The normalized spacial score (nSPS) is 12.1. The van der Waals surface area contributed by atoms with Crippen LogP contribution in [0.25, 0.3) is 0 Å². The number of rotatable bonds is 25. The first-order valence-electron chi connectivity index (χ1n) is 12.9. The molecule has 0 aromatic carbocycles. The third-order valence-corrected chi connectivity index (χ3v) is 5.16. The van der Waals surface area contributed by atoms with Gasteiger partial charge in [-0.05, 0) is 12.8 Å². The maximum Gasteiger partial charge on any atom is 0.407 e. The SMILES string of the molecule is CCCCCCCCOCC(CNC(=O)OCCOCCOC)OCCCCCCCC. The van der Waals surface area contributed by atoms with Crippen molar-refractivity contribution in [1.29, 1.82) is 0 Å². The van der Waals surface area contributed by atoms with Gasteiger partial charge in [-0.1, -0.05) is 78.1 Å². The molecule has 0 aliphatic heterocycles. The molecule has 1 N–H and O–H groups in total. The molecule has 0 saturated heterocycles. The molecule has 0 aliphatic rings. The van der Waals surface area contributed by atoms with Crippen molar-refractivity contribution in [3.8, 4) is 0 Å². The number of nitrogens with one attached hydrogen (secondary N) is 1. The molecule has 7 nitrogen and oxygen atoms in total. The van der Waals surface area contributed by atoms with Crippen LogP contribution in [0.15, 0.2) is 0 Å². The predicted molar refractivity (Wildman–Crippen MR) is 129 cm³/mol. The van der Waals surface area contributed by atoms with Gasteiger partial charge in [0.25, 0.3) is 0 Å². The van der Waals surface area contributed by atoms with Crippen LogP contribution in [0, 0.1) is 0 Å². The van der Waals surface area contributed by atoms with Gasteiger partial charge >= 0.3 is 6.09 Å². The van der Waals surface area contributed by atoms with Crippen molar-refractivity contribution in [2.24, 2.45) is 0 Å². The van der Waals surface area contributed by atoms with Gasteiger partial charge in [-0.25, -0.2) is 4.79 Å². The van der Waals surface area contributed by atoms with Gasteiger partial charge in [-0.15, -0.1) is 0 Å². The first kappa shape index (κ1) is 31.1. The summed E-state index contributed by atoms with van der Waals surface area (Å²) in [7, 11) is 1.62. The Morgan fingerprint density at radius 3 is 1.94 bits per heavy atom. The number of hydrogen-bond donors (Lipinski definition) is 1. The van der Waals surface area contributed by atoms with E-state index in [0.29, 0.717) is 39.6 Å². The molecule has 1 unspecified atom stereocenters. The summed E-state index contributed by atoms with van der Waals surface area (Å²) in [6, 6.07) is 0. The van der Waals surface area contributed by atoms with E-state index >= 15 is 0 Å². The van der Waals surface area contributed by atoms with Crippen LogP contribution in [0.3, 0.4) is 0 Å². The second-order valence-corrected chi connectivity index (χ2v) is 8.23. The minimum Gasteiger partial charge on any atom is -0.447 e. The second kappa shape index (κ2) is 26.4. The second-order valence-electron chi connectivity index (χ2n) is 8.23. The van der Waals surface area contributed by atoms with Crippen LogP contribution in [-0.4, -0.2) is 72.1 Å². The monoisotopic (exact) mass is 461 g/mol. The van der Waals surface area contributed by atoms with Crippen molar-refractivity contribution in [2.75, 3.05) is 59.9 Å². The molecule has 0 saturated carbocycles. The fourth-order valence-corrected chi connectivity index (χ4v) is 3.18. The maximum absolute atomic E-state index is 11.9. The van der Waals surface area contributed by atoms with E-state index in [1.165, 1.54) is 64.2 Å². The summed E-state index contributed by atoms with van der Waals surface area (Å²) in [6.07, 6.45) is 14.2. The van der Waals surface area contributed by atoms with E-state index in [1.807, 2.05) is 0 Å². The van der Waals surface area contributed by atoms with Crippen molar-refractivity contribution in [2.45, 2.75) is 97.0 Å². The molecule has 0 aromatic heterocycles. The molecule has 0 rings (SSSR count). The average molecular weight is 462 g/mol. The minimum atomic E-state index is -0.454. The summed E-state index contributed by atoms with van der Waals surface area (Å²) < 4.78 is 27.1. The lowest BCUT2D eigenvalue weighted by Crippen LogP contribution is -2.37. The molecule has 0 fully saturated rings. The standard InChI is InChI=1S/C25H51NO6/c1-4-6-8-10-12-14-16-30-23-24(31-17-15-13-11-9-7-5-2)22-26-25(27)32-21-20-29-19-18-28-3/h24H,4-23H2,1-3H3,(H,26,27). The average Bonchev–Trinajstić information content (AvgIpc) is 2.80. The Balaban J connectivity index is 4.00. The Morgan fingerprint density at radius 1 is 0.688 bits per heavy atom. The lowest BCUT2D eigenvalue weighted by Gasteiger charge is -2.19. The highest BCUT2D eigenvalue weighted by Gasteiger charge is 2.12. The highest BCUT2D eigenvalue weighted by Crippen LogP contribution is 2.07. The Labute approximate surface area is 197 Å². The van der Waals surface area contributed by atoms with Crippen molar-refractivity contribution >= 4 is 6.09 Å². The van der Waals surface area contributed by atoms with Crippen LogP contribution in [0.5, 0.6) is 0 Å². The first-order valence-corrected chi connectivity index (χ1v) is 12.9. The maximum atomic E-state index is 11.9. The minimum absolute atomic E-state index is 0.156. The van der Waals surface area contributed by atoms with Gasteiger partial charge in [0.2, 0.25) is 0 Å². The molecule has 0 radical (unpaired) electrons. The van der Waals surface area contributed by atoms with Gasteiger partial charge in [0.05, 0.1) is 32.5 Å². The number of hydrogen-bond acceptors (Lipinski definition) is 6. The van der Waals surface area contributed by atoms with Gasteiger partial charge in [0.1, 0.15) is 6.61 Å². The fraction of sp³-hybridized carbons (Fsp3) is 0.960. The number of carbonyl (C=O) groups excluding carboxylic acids is 1. The molecule has 7 heteroatoms. The Morgan fingerprint density at radius 2 is 1.28 bits per heavy atom. The van der Waals surface area contributed by atoms with Gasteiger partial charge < -0.3 is 29.0 Å². The lowest BCUT2D eigenvalue weighted by molar-refractivity contribution is -0.0180. The van der Waals surface area contributed by atoms with Gasteiger partial charge in [0.15, 0.2) is 0 Å². The molecular formula is C25H51NO6. The zero-order valence-corrected chi connectivity index (χ0v) is 21.2. The van der Waals surface area contributed by atoms with Crippen LogP contribution < -0.4 is 5.32 Å². The van der Waals surface area contributed by atoms with Crippen molar-refractivity contribution in [3.63, 3.8) is 0 Å². The van der Waals surface area contributed by atoms with Crippen molar-refractivity contribution in [3.05, 3.63) is 0 Å². The quantitative estimate of drug-likeness (QED) is 0.181. The highest BCUT2D eigenvalue weighted by atomic mass is 16.6.